The van der Waals surface area contributed by atoms with E-state index < -0.39 is 15.9 Å². The zero-order valence-corrected chi connectivity index (χ0v) is 15.6. The number of benzene rings is 1. The van der Waals surface area contributed by atoms with Gasteiger partial charge in [0.25, 0.3) is 15.9 Å². The fourth-order valence-electron chi connectivity index (χ4n) is 2.60. The number of carbonyl (C=O) groups is 1. The number of allylic oxidation sites excluding steroid dienone is 2. The van der Waals surface area contributed by atoms with Gasteiger partial charge < -0.3 is 0 Å². The molecule has 0 bridgehead atoms. The Morgan fingerprint density at radius 1 is 1.19 bits per heavy atom. The average molecular weight is 390 g/mol. The van der Waals surface area contributed by atoms with E-state index in [2.05, 4.69) is 27.4 Å². The molecule has 1 aromatic carbocycles. The third kappa shape index (κ3) is 4.59. The van der Waals surface area contributed by atoms with Crippen LogP contribution in [-0.2, 0) is 10.0 Å². The van der Waals surface area contributed by atoms with Crippen molar-refractivity contribution in [1.82, 2.24) is 5.43 Å². The monoisotopic (exact) mass is 389 g/mol. The Morgan fingerprint density at radius 2 is 2.04 bits per heavy atom. The molecular formula is C18H19N3O3S2. The van der Waals surface area contributed by atoms with E-state index in [4.69, 9.17) is 0 Å². The Morgan fingerprint density at radius 3 is 2.77 bits per heavy atom. The molecule has 8 heteroatoms. The second-order valence-corrected chi connectivity index (χ2v) is 8.70. The van der Waals surface area contributed by atoms with E-state index >= 15 is 0 Å². The molecule has 3 rings (SSSR count). The number of hydrogen-bond donors (Lipinski definition) is 2. The van der Waals surface area contributed by atoms with Crippen LogP contribution in [0.25, 0.3) is 0 Å². The van der Waals surface area contributed by atoms with Crippen LogP contribution in [-0.4, -0.2) is 20.5 Å². The summed E-state index contributed by atoms with van der Waals surface area (Å²) in [6.45, 7) is 0. The summed E-state index contributed by atoms with van der Waals surface area (Å²) < 4.78 is 27.4. The molecule has 1 heterocycles. The molecule has 0 spiro atoms. The van der Waals surface area contributed by atoms with Crippen molar-refractivity contribution >= 4 is 39.2 Å². The number of hydrogen-bond acceptors (Lipinski definition) is 5. The molecule has 1 aliphatic carbocycles. The number of nitrogens with one attached hydrogen (secondary N) is 2. The van der Waals surface area contributed by atoms with Gasteiger partial charge in [0.1, 0.15) is 4.21 Å². The minimum Gasteiger partial charge on any atom is -0.278 e. The van der Waals surface area contributed by atoms with Crippen LogP contribution in [0.5, 0.6) is 0 Å². The van der Waals surface area contributed by atoms with Crippen molar-refractivity contribution in [3.8, 4) is 0 Å². The van der Waals surface area contributed by atoms with Crippen LogP contribution >= 0.6 is 11.3 Å². The fourth-order valence-corrected chi connectivity index (χ4v) is 4.67. The van der Waals surface area contributed by atoms with Gasteiger partial charge >= 0.3 is 0 Å². The Labute approximate surface area is 156 Å². The molecule has 0 saturated carbocycles. The first-order chi connectivity index (χ1) is 12.6. The van der Waals surface area contributed by atoms with E-state index in [1.807, 2.05) is 0 Å². The smallest absolute Gasteiger partial charge is 0.273 e. The highest BCUT2D eigenvalue weighted by Gasteiger charge is 2.19. The van der Waals surface area contributed by atoms with Gasteiger partial charge in [0.05, 0.1) is 11.3 Å². The molecule has 1 aliphatic rings. The van der Waals surface area contributed by atoms with Crippen molar-refractivity contribution in [2.24, 2.45) is 11.0 Å². The predicted molar refractivity (Wildman–Crippen MR) is 104 cm³/mol. The maximum atomic E-state index is 12.4. The topological polar surface area (TPSA) is 87.6 Å². The van der Waals surface area contributed by atoms with E-state index in [-0.39, 0.29) is 15.5 Å². The van der Waals surface area contributed by atoms with Gasteiger partial charge in [-0.1, -0.05) is 30.4 Å². The summed E-state index contributed by atoms with van der Waals surface area (Å²) in [6, 6.07) is 9.62. The minimum absolute atomic E-state index is 0.191. The lowest BCUT2D eigenvalue weighted by Gasteiger charge is -2.12. The maximum Gasteiger partial charge on any atom is 0.273 e. The maximum absolute atomic E-state index is 12.4. The van der Waals surface area contributed by atoms with Gasteiger partial charge in [-0.05, 0) is 48.8 Å². The van der Waals surface area contributed by atoms with Gasteiger partial charge in [-0.2, -0.15) is 5.10 Å². The number of sulfonamides is 1. The first-order valence-corrected chi connectivity index (χ1v) is 10.6. The predicted octanol–water partition coefficient (Wildman–Crippen LogP) is 3.62. The van der Waals surface area contributed by atoms with E-state index in [9.17, 15) is 13.2 Å². The lowest BCUT2D eigenvalue weighted by molar-refractivity contribution is 0.0956. The highest BCUT2D eigenvalue weighted by atomic mass is 32.2. The Hall–Kier alpha value is -2.45. The first kappa shape index (κ1) is 18.3. The summed E-state index contributed by atoms with van der Waals surface area (Å²) in [5, 5.41) is 5.71. The van der Waals surface area contributed by atoms with E-state index in [1.165, 1.54) is 6.07 Å². The highest BCUT2D eigenvalue weighted by Crippen LogP contribution is 2.23. The second kappa shape index (κ2) is 8.29. The van der Waals surface area contributed by atoms with Crippen molar-refractivity contribution in [2.45, 2.75) is 23.5 Å². The van der Waals surface area contributed by atoms with Gasteiger partial charge in [0.2, 0.25) is 0 Å². The molecule has 1 amide bonds. The van der Waals surface area contributed by atoms with Crippen molar-refractivity contribution in [3.63, 3.8) is 0 Å². The fraction of sp³-hybridized carbons (Fsp3) is 0.222. The number of amides is 1. The molecule has 26 heavy (non-hydrogen) atoms. The van der Waals surface area contributed by atoms with Gasteiger partial charge in [0.15, 0.2) is 0 Å². The van der Waals surface area contributed by atoms with Crippen LogP contribution in [0.2, 0.25) is 0 Å². The molecule has 1 atom stereocenters. The van der Waals surface area contributed by atoms with Crippen molar-refractivity contribution in [3.05, 3.63) is 59.5 Å². The molecule has 2 aromatic rings. The summed E-state index contributed by atoms with van der Waals surface area (Å²) in [6.07, 6.45) is 8.91. The van der Waals surface area contributed by atoms with Crippen LogP contribution in [0.4, 0.5) is 5.69 Å². The molecule has 1 aromatic heterocycles. The van der Waals surface area contributed by atoms with Gasteiger partial charge in [-0.3, -0.25) is 9.52 Å². The van der Waals surface area contributed by atoms with Crippen molar-refractivity contribution in [1.29, 1.82) is 0 Å². The largest absolute Gasteiger partial charge is 0.278 e. The third-order valence-electron chi connectivity index (χ3n) is 3.94. The summed E-state index contributed by atoms with van der Waals surface area (Å²) >= 11 is 1.11. The summed E-state index contributed by atoms with van der Waals surface area (Å²) in [5.41, 5.74) is 2.91. The lowest BCUT2D eigenvalue weighted by Crippen LogP contribution is -2.22. The minimum atomic E-state index is -3.72. The first-order valence-electron chi connectivity index (χ1n) is 8.20. The Bertz CT molecular complexity index is 919. The number of anilines is 1. The summed E-state index contributed by atoms with van der Waals surface area (Å²) in [7, 11) is -3.72. The summed E-state index contributed by atoms with van der Waals surface area (Å²) in [5.74, 6) is -0.148. The summed E-state index contributed by atoms with van der Waals surface area (Å²) in [4.78, 5) is 12.4. The standard InChI is InChI=1S/C18H19N3O3S2/c22-18(20-19-13-14-7-2-1-3-8-14)15-9-4-5-10-16(15)21-26(23,24)17-11-6-12-25-17/h1-2,4-6,9-14,21H,3,7-8H2,(H,20,22). The lowest BCUT2D eigenvalue weighted by atomic mass is 9.96. The van der Waals surface area contributed by atoms with E-state index in [0.29, 0.717) is 5.92 Å². The van der Waals surface area contributed by atoms with Crippen molar-refractivity contribution < 1.29 is 13.2 Å². The number of nitrogens with zero attached hydrogens (tertiary/aromatic N) is 1. The number of carbonyl (C=O) groups excluding carboxylic acids is 1. The van der Waals surface area contributed by atoms with E-state index in [1.54, 1.807) is 41.9 Å². The number of thiophene rings is 1. The van der Waals surface area contributed by atoms with E-state index in [0.717, 1.165) is 30.6 Å². The SMILES string of the molecule is O=C(NN=CC1CC=CCC1)c1ccccc1NS(=O)(=O)c1cccs1. The molecule has 0 aliphatic heterocycles. The molecule has 136 valence electrons. The number of para-hydroxylation sites is 1. The highest BCUT2D eigenvalue weighted by molar-refractivity contribution is 7.94. The van der Waals surface area contributed by atoms with Crippen LogP contribution in [0.15, 0.2) is 63.2 Å². The number of hydrazone groups is 1. The van der Waals surface area contributed by atoms with Crippen LogP contribution < -0.4 is 10.1 Å². The van der Waals surface area contributed by atoms with Crippen LogP contribution in [0, 0.1) is 5.92 Å². The molecule has 0 radical (unpaired) electrons. The molecule has 0 fully saturated rings. The number of rotatable bonds is 6. The van der Waals surface area contributed by atoms with Gasteiger partial charge in [-0.25, -0.2) is 13.8 Å². The Kier molecular flexibility index (Phi) is 5.85. The molecule has 1 unspecified atom stereocenters. The zero-order chi connectivity index (χ0) is 18.4. The normalized spacial score (nSPS) is 17.3. The molecular weight excluding hydrogens is 370 g/mol. The van der Waals surface area contributed by atoms with Crippen LogP contribution in [0.3, 0.4) is 0 Å². The molecule has 0 saturated heterocycles. The quantitative estimate of drug-likeness (QED) is 0.449. The van der Waals surface area contributed by atoms with Gasteiger partial charge in [0, 0.05) is 6.21 Å². The third-order valence-corrected chi connectivity index (χ3v) is 6.70. The zero-order valence-electron chi connectivity index (χ0n) is 14.0. The Balaban J connectivity index is 1.71. The van der Waals surface area contributed by atoms with Gasteiger partial charge in [-0.15, -0.1) is 11.3 Å². The molecule has 2 N–H and O–H groups in total. The van der Waals surface area contributed by atoms with Crippen molar-refractivity contribution in [2.75, 3.05) is 4.72 Å². The second-order valence-electron chi connectivity index (χ2n) is 5.85. The van der Waals surface area contributed by atoms with Crippen LogP contribution in [0.1, 0.15) is 29.6 Å². The molecule has 6 nitrogen and oxygen atoms in total. The average Bonchev–Trinajstić information content (AvgIpc) is 3.18.